The van der Waals surface area contributed by atoms with Gasteiger partial charge in [0.25, 0.3) is 0 Å². The Labute approximate surface area is 132 Å². The molecule has 0 aliphatic carbocycles. The summed E-state index contributed by atoms with van der Waals surface area (Å²) in [5, 5.41) is 4.36. The van der Waals surface area contributed by atoms with Crippen molar-refractivity contribution < 1.29 is 0 Å². The molecule has 1 unspecified atom stereocenters. The first-order valence-corrected chi connectivity index (χ1v) is 8.16. The quantitative estimate of drug-likeness (QED) is 0.871. The topological polar surface area (TPSA) is 46.8 Å². The number of hydrogen-bond donors (Lipinski definition) is 0. The Bertz CT molecular complexity index is 602. The van der Waals surface area contributed by atoms with Crippen LogP contribution in [0, 0.1) is 5.92 Å². The third-order valence-electron chi connectivity index (χ3n) is 4.35. The molecule has 0 N–H and O–H groups in total. The van der Waals surface area contributed by atoms with Gasteiger partial charge in [0.2, 0.25) is 0 Å². The van der Waals surface area contributed by atoms with Crippen LogP contribution in [0.15, 0.2) is 24.8 Å². The van der Waals surface area contributed by atoms with E-state index in [4.69, 9.17) is 0 Å². The number of aromatic nitrogens is 4. The Hall–Kier alpha value is -1.75. The maximum atomic E-state index is 4.61. The first kappa shape index (κ1) is 15.2. The molecule has 1 fully saturated rings. The molecule has 0 amide bonds. The van der Waals surface area contributed by atoms with Gasteiger partial charge in [0.15, 0.2) is 0 Å². The maximum absolute atomic E-state index is 4.61. The molecular weight excluding hydrogens is 274 g/mol. The highest BCUT2D eigenvalue weighted by molar-refractivity contribution is 5.55. The molecule has 1 atom stereocenters. The minimum atomic E-state index is 0.365. The van der Waals surface area contributed by atoms with Crippen LogP contribution in [0.5, 0.6) is 0 Å². The van der Waals surface area contributed by atoms with Crippen molar-refractivity contribution in [2.24, 2.45) is 5.92 Å². The number of rotatable bonds is 4. The minimum absolute atomic E-state index is 0.365. The number of nitrogens with zero attached hydrogens (tertiary/aromatic N) is 5. The van der Waals surface area contributed by atoms with Gasteiger partial charge in [-0.15, -0.1) is 0 Å². The fourth-order valence-electron chi connectivity index (χ4n) is 3.10. The zero-order valence-corrected chi connectivity index (χ0v) is 13.7. The highest BCUT2D eigenvalue weighted by atomic mass is 15.3. The van der Waals surface area contributed by atoms with E-state index in [1.165, 1.54) is 25.9 Å². The molecule has 2 aromatic rings. The van der Waals surface area contributed by atoms with Crippen LogP contribution in [-0.4, -0.2) is 44.8 Å². The SMILES string of the molecule is CC(C)n1cc(-c2cnc(CC3CCCN(C)C3)cn2)cn1. The van der Waals surface area contributed by atoms with Gasteiger partial charge in [-0.2, -0.15) is 5.10 Å². The second-order valence-electron chi connectivity index (χ2n) is 6.67. The van der Waals surface area contributed by atoms with E-state index >= 15 is 0 Å². The summed E-state index contributed by atoms with van der Waals surface area (Å²) in [5.74, 6) is 0.711. The maximum Gasteiger partial charge on any atom is 0.0916 e. The monoisotopic (exact) mass is 299 g/mol. The summed E-state index contributed by atoms with van der Waals surface area (Å²) in [5.41, 5.74) is 3.03. The van der Waals surface area contributed by atoms with E-state index in [-0.39, 0.29) is 0 Å². The summed E-state index contributed by atoms with van der Waals surface area (Å²) in [6, 6.07) is 0.365. The first-order valence-electron chi connectivity index (χ1n) is 8.16. The summed E-state index contributed by atoms with van der Waals surface area (Å²) < 4.78 is 1.95. The summed E-state index contributed by atoms with van der Waals surface area (Å²) >= 11 is 0. The lowest BCUT2D eigenvalue weighted by Crippen LogP contribution is -2.33. The summed E-state index contributed by atoms with van der Waals surface area (Å²) in [4.78, 5) is 11.6. The normalized spacial score (nSPS) is 19.7. The van der Waals surface area contributed by atoms with E-state index in [0.29, 0.717) is 12.0 Å². The zero-order valence-electron chi connectivity index (χ0n) is 13.7. The van der Waals surface area contributed by atoms with Crippen LogP contribution in [0.3, 0.4) is 0 Å². The van der Waals surface area contributed by atoms with Gasteiger partial charge in [-0.3, -0.25) is 14.6 Å². The Morgan fingerprint density at radius 3 is 2.73 bits per heavy atom. The van der Waals surface area contributed by atoms with Gasteiger partial charge in [0, 0.05) is 30.5 Å². The van der Waals surface area contributed by atoms with Crippen LogP contribution < -0.4 is 0 Å². The molecule has 5 nitrogen and oxygen atoms in total. The predicted molar refractivity (Wildman–Crippen MR) is 87.6 cm³/mol. The zero-order chi connectivity index (χ0) is 15.5. The molecule has 1 saturated heterocycles. The van der Waals surface area contributed by atoms with Crippen LogP contribution in [0.2, 0.25) is 0 Å². The second-order valence-corrected chi connectivity index (χ2v) is 6.67. The highest BCUT2D eigenvalue weighted by Gasteiger charge is 2.18. The lowest BCUT2D eigenvalue weighted by Gasteiger charge is -2.29. The van der Waals surface area contributed by atoms with E-state index in [9.17, 15) is 0 Å². The third kappa shape index (κ3) is 3.53. The molecule has 118 valence electrons. The van der Waals surface area contributed by atoms with E-state index in [2.05, 4.69) is 40.9 Å². The van der Waals surface area contributed by atoms with E-state index in [0.717, 1.165) is 23.4 Å². The second kappa shape index (κ2) is 6.57. The van der Waals surface area contributed by atoms with Gasteiger partial charge in [-0.05, 0) is 52.6 Å². The Morgan fingerprint density at radius 1 is 1.23 bits per heavy atom. The lowest BCUT2D eigenvalue weighted by molar-refractivity contribution is 0.208. The van der Waals surface area contributed by atoms with Crippen LogP contribution in [0.1, 0.15) is 38.4 Å². The molecule has 1 aliphatic heterocycles. The highest BCUT2D eigenvalue weighted by Crippen LogP contribution is 2.20. The summed E-state index contributed by atoms with van der Waals surface area (Å²) in [7, 11) is 2.20. The average molecular weight is 299 g/mol. The smallest absolute Gasteiger partial charge is 0.0916 e. The van der Waals surface area contributed by atoms with Crippen molar-refractivity contribution in [1.29, 1.82) is 0 Å². The van der Waals surface area contributed by atoms with E-state index in [1.54, 1.807) is 0 Å². The molecule has 1 aliphatic rings. The standard InChI is InChI=1S/C17H25N5/c1-13(2)22-12-15(8-20-22)17-10-18-16(9-19-17)7-14-5-4-6-21(3)11-14/h8-10,12-14H,4-7,11H2,1-3H3. The van der Waals surface area contributed by atoms with Crippen LogP contribution in [0.4, 0.5) is 0 Å². The third-order valence-corrected chi connectivity index (χ3v) is 4.35. The first-order chi connectivity index (χ1) is 10.6. The molecule has 0 spiro atoms. The van der Waals surface area contributed by atoms with Crippen molar-refractivity contribution in [3.63, 3.8) is 0 Å². The van der Waals surface area contributed by atoms with Crippen molar-refractivity contribution >= 4 is 0 Å². The summed E-state index contributed by atoms with van der Waals surface area (Å²) in [6.45, 7) is 6.63. The van der Waals surface area contributed by atoms with E-state index in [1.807, 2.05) is 29.5 Å². The van der Waals surface area contributed by atoms with Gasteiger partial charge >= 0.3 is 0 Å². The molecule has 22 heavy (non-hydrogen) atoms. The van der Waals surface area contributed by atoms with Crippen LogP contribution >= 0.6 is 0 Å². The van der Waals surface area contributed by atoms with Crippen LogP contribution in [0.25, 0.3) is 11.3 Å². The number of piperidine rings is 1. The molecule has 2 aromatic heterocycles. The molecule has 5 heteroatoms. The van der Waals surface area contributed by atoms with E-state index < -0.39 is 0 Å². The molecule has 0 saturated carbocycles. The molecule has 0 radical (unpaired) electrons. The van der Waals surface area contributed by atoms with Crippen molar-refractivity contribution in [2.45, 2.75) is 39.2 Å². The van der Waals surface area contributed by atoms with Crippen molar-refractivity contribution in [2.75, 3.05) is 20.1 Å². The van der Waals surface area contributed by atoms with Crippen molar-refractivity contribution in [1.82, 2.24) is 24.6 Å². The fraction of sp³-hybridized carbons (Fsp3) is 0.588. The molecule has 0 bridgehead atoms. The Morgan fingerprint density at radius 2 is 2.09 bits per heavy atom. The van der Waals surface area contributed by atoms with Gasteiger partial charge in [0.1, 0.15) is 0 Å². The molecule has 3 heterocycles. The Balaban J connectivity index is 1.66. The molecular formula is C17H25N5. The Kier molecular flexibility index (Phi) is 4.52. The number of hydrogen-bond acceptors (Lipinski definition) is 4. The van der Waals surface area contributed by atoms with Gasteiger partial charge in [0.05, 0.1) is 23.8 Å². The lowest BCUT2D eigenvalue weighted by atomic mass is 9.94. The fourth-order valence-corrected chi connectivity index (χ4v) is 3.10. The van der Waals surface area contributed by atoms with Crippen molar-refractivity contribution in [3.05, 3.63) is 30.5 Å². The number of likely N-dealkylation sites (tertiary alicyclic amines) is 1. The molecule has 0 aromatic carbocycles. The van der Waals surface area contributed by atoms with Crippen LogP contribution in [-0.2, 0) is 6.42 Å². The summed E-state index contributed by atoms with van der Waals surface area (Å²) in [6.07, 6.45) is 11.3. The van der Waals surface area contributed by atoms with Crippen molar-refractivity contribution in [3.8, 4) is 11.3 Å². The largest absolute Gasteiger partial charge is 0.306 e. The molecule has 3 rings (SSSR count). The minimum Gasteiger partial charge on any atom is -0.306 e. The predicted octanol–water partition coefficient (Wildman–Crippen LogP) is 2.81. The van der Waals surface area contributed by atoms with Gasteiger partial charge < -0.3 is 4.90 Å². The average Bonchev–Trinajstić information content (AvgIpc) is 2.98. The van der Waals surface area contributed by atoms with Gasteiger partial charge in [-0.25, -0.2) is 0 Å². The van der Waals surface area contributed by atoms with Gasteiger partial charge in [-0.1, -0.05) is 0 Å².